The normalized spacial score (nSPS) is 14.9. The predicted molar refractivity (Wildman–Crippen MR) is 137 cm³/mol. The van der Waals surface area contributed by atoms with Gasteiger partial charge in [-0.25, -0.2) is 0 Å². The van der Waals surface area contributed by atoms with E-state index in [9.17, 15) is 19.7 Å². The molecule has 1 atom stereocenters. The molecule has 2 heterocycles. The molecule has 1 unspecified atom stereocenters. The van der Waals surface area contributed by atoms with Gasteiger partial charge in [-0.2, -0.15) is 0 Å². The van der Waals surface area contributed by atoms with Crippen LogP contribution in [0.1, 0.15) is 52.2 Å². The summed E-state index contributed by atoms with van der Waals surface area (Å²) in [6.45, 7) is 2.96. The molecule has 0 radical (unpaired) electrons. The molecule has 0 fully saturated rings. The average Bonchev–Trinajstić information content (AvgIpc) is 3.35. The van der Waals surface area contributed by atoms with E-state index in [1.807, 2.05) is 41.5 Å². The minimum absolute atomic E-state index is 0.0562. The molecule has 0 bridgehead atoms. The topological polar surface area (TPSA) is 83.8 Å². The lowest BCUT2D eigenvalue weighted by Crippen LogP contribution is -2.47. The largest absolute Gasteiger partial charge is 0.330 e. The van der Waals surface area contributed by atoms with Crippen molar-refractivity contribution in [3.8, 4) is 0 Å². The number of thiophene rings is 1. The second kappa shape index (κ2) is 11.0. The number of hydrogen-bond acceptors (Lipinski definition) is 5. The van der Waals surface area contributed by atoms with E-state index in [1.165, 1.54) is 29.1 Å². The van der Waals surface area contributed by atoms with Gasteiger partial charge in [0.05, 0.1) is 11.0 Å². The molecule has 0 saturated carbocycles. The zero-order valence-electron chi connectivity index (χ0n) is 19.4. The van der Waals surface area contributed by atoms with Crippen LogP contribution in [0.15, 0.2) is 60.0 Å². The van der Waals surface area contributed by atoms with Gasteiger partial charge < -0.3 is 9.80 Å². The molecule has 3 aromatic rings. The maximum Gasteiger partial charge on any atom is 0.269 e. The molecular formula is C26H26ClN3O4S. The van der Waals surface area contributed by atoms with Crippen LogP contribution in [0.25, 0.3) is 0 Å². The highest BCUT2D eigenvalue weighted by atomic mass is 35.5. The number of nitro benzene ring substituents is 1. The van der Waals surface area contributed by atoms with Crippen LogP contribution in [-0.4, -0.2) is 46.2 Å². The van der Waals surface area contributed by atoms with Crippen LogP contribution < -0.4 is 0 Å². The van der Waals surface area contributed by atoms with E-state index in [1.54, 1.807) is 16.2 Å². The second-order valence-corrected chi connectivity index (χ2v) is 9.91. The van der Waals surface area contributed by atoms with E-state index in [4.69, 9.17) is 11.6 Å². The van der Waals surface area contributed by atoms with E-state index in [-0.39, 0.29) is 30.1 Å². The number of non-ortho nitro benzene ring substituents is 1. The summed E-state index contributed by atoms with van der Waals surface area (Å²) < 4.78 is 0. The zero-order valence-corrected chi connectivity index (χ0v) is 20.9. The van der Waals surface area contributed by atoms with Crippen molar-refractivity contribution in [1.29, 1.82) is 0 Å². The maximum atomic E-state index is 13.7. The van der Waals surface area contributed by atoms with E-state index in [2.05, 4.69) is 6.07 Å². The Kier molecular flexibility index (Phi) is 7.83. The molecule has 0 N–H and O–H groups in total. The van der Waals surface area contributed by atoms with Crippen LogP contribution in [0.2, 0.25) is 5.02 Å². The van der Waals surface area contributed by atoms with Gasteiger partial charge in [-0.15, -0.1) is 11.3 Å². The number of nitro groups is 1. The molecule has 0 saturated heterocycles. The number of benzene rings is 2. The fourth-order valence-electron chi connectivity index (χ4n) is 4.35. The average molecular weight is 512 g/mol. The highest BCUT2D eigenvalue weighted by Gasteiger charge is 2.34. The van der Waals surface area contributed by atoms with Crippen LogP contribution in [0.4, 0.5) is 5.69 Å². The van der Waals surface area contributed by atoms with Gasteiger partial charge in [0.1, 0.15) is 6.54 Å². The van der Waals surface area contributed by atoms with Crippen LogP contribution in [0.3, 0.4) is 0 Å². The van der Waals surface area contributed by atoms with E-state index in [0.29, 0.717) is 23.7 Å². The van der Waals surface area contributed by atoms with Crippen molar-refractivity contribution in [2.45, 2.75) is 32.2 Å². The summed E-state index contributed by atoms with van der Waals surface area (Å²) in [5.41, 5.74) is 2.33. The van der Waals surface area contributed by atoms with Crippen molar-refractivity contribution in [2.24, 2.45) is 0 Å². The van der Waals surface area contributed by atoms with Gasteiger partial charge in [0.25, 0.3) is 11.6 Å². The first kappa shape index (κ1) is 24.9. The number of amides is 2. The lowest BCUT2D eigenvalue weighted by atomic mass is 9.93. The fraction of sp³-hybridized carbons (Fsp3) is 0.308. The molecule has 9 heteroatoms. The van der Waals surface area contributed by atoms with Crippen LogP contribution in [-0.2, 0) is 11.2 Å². The van der Waals surface area contributed by atoms with Gasteiger partial charge in [-0.05, 0) is 59.7 Å². The summed E-state index contributed by atoms with van der Waals surface area (Å²) in [4.78, 5) is 42.0. The third-order valence-corrected chi connectivity index (χ3v) is 7.44. The Morgan fingerprint density at radius 3 is 2.51 bits per heavy atom. The number of unbranched alkanes of at least 4 members (excludes halogenated alkanes) is 1. The summed E-state index contributed by atoms with van der Waals surface area (Å²) in [5, 5.41) is 13.6. The van der Waals surface area contributed by atoms with Gasteiger partial charge in [0, 0.05) is 40.7 Å². The van der Waals surface area contributed by atoms with E-state index >= 15 is 0 Å². The van der Waals surface area contributed by atoms with Crippen molar-refractivity contribution < 1.29 is 14.5 Å². The standard InChI is InChI=1S/C26H26ClN3O4S/c1-2-3-14-28(26(32)19-6-10-21(11-7-19)30(33)34)17-24(31)29-15-12-23-22(13-16-35-23)25(29)18-4-8-20(27)9-5-18/h4-11,13,16,25H,2-3,12,14-15,17H2,1H3. The number of nitrogens with zero attached hydrogens (tertiary/aromatic N) is 3. The Bertz CT molecular complexity index is 1210. The zero-order chi connectivity index (χ0) is 24.9. The van der Waals surface area contributed by atoms with Crippen LogP contribution >= 0.6 is 22.9 Å². The minimum atomic E-state index is -0.501. The Hall–Kier alpha value is -3.23. The Morgan fingerprint density at radius 1 is 1.14 bits per heavy atom. The molecule has 0 spiro atoms. The molecular weight excluding hydrogens is 486 g/mol. The van der Waals surface area contributed by atoms with Crippen molar-refractivity contribution in [1.82, 2.24) is 9.80 Å². The monoisotopic (exact) mass is 511 g/mol. The molecule has 182 valence electrons. The van der Waals surface area contributed by atoms with E-state index in [0.717, 1.165) is 30.4 Å². The first-order valence-electron chi connectivity index (χ1n) is 11.5. The summed E-state index contributed by atoms with van der Waals surface area (Å²) in [5.74, 6) is -0.439. The maximum absolute atomic E-state index is 13.7. The molecule has 0 aliphatic carbocycles. The molecule has 7 nitrogen and oxygen atoms in total. The summed E-state index contributed by atoms with van der Waals surface area (Å²) in [7, 11) is 0. The van der Waals surface area contributed by atoms with Gasteiger partial charge in [0.2, 0.25) is 5.91 Å². The number of hydrogen-bond donors (Lipinski definition) is 0. The lowest BCUT2D eigenvalue weighted by Gasteiger charge is -2.37. The number of carbonyl (C=O) groups excluding carboxylic acids is 2. The third-order valence-electron chi connectivity index (χ3n) is 6.19. The van der Waals surface area contributed by atoms with Gasteiger partial charge in [-0.1, -0.05) is 37.1 Å². The van der Waals surface area contributed by atoms with Crippen molar-refractivity contribution in [3.05, 3.63) is 96.7 Å². The number of halogens is 1. The highest BCUT2D eigenvalue weighted by molar-refractivity contribution is 7.10. The summed E-state index contributed by atoms with van der Waals surface area (Å²) in [6, 6.07) is 14.9. The SMILES string of the molecule is CCCCN(CC(=O)N1CCc2sccc2C1c1ccc(Cl)cc1)C(=O)c1ccc([N+](=O)[O-])cc1. The Labute approximate surface area is 213 Å². The molecule has 1 aromatic heterocycles. The van der Waals surface area contributed by atoms with Crippen molar-refractivity contribution >= 4 is 40.4 Å². The lowest BCUT2D eigenvalue weighted by molar-refractivity contribution is -0.384. The van der Waals surface area contributed by atoms with E-state index < -0.39 is 4.92 Å². The summed E-state index contributed by atoms with van der Waals surface area (Å²) in [6.07, 6.45) is 2.39. The Morgan fingerprint density at radius 2 is 1.86 bits per heavy atom. The molecule has 35 heavy (non-hydrogen) atoms. The first-order chi connectivity index (χ1) is 16.9. The van der Waals surface area contributed by atoms with Crippen molar-refractivity contribution in [2.75, 3.05) is 19.6 Å². The molecule has 1 aliphatic rings. The van der Waals surface area contributed by atoms with Crippen LogP contribution in [0, 0.1) is 10.1 Å². The van der Waals surface area contributed by atoms with Gasteiger partial charge in [0.15, 0.2) is 0 Å². The Balaban J connectivity index is 1.59. The van der Waals surface area contributed by atoms with Gasteiger partial charge in [-0.3, -0.25) is 19.7 Å². The smallest absolute Gasteiger partial charge is 0.269 e. The molecule has 2 aromatic carbocycles. The fourth-order valence-corrected chi connectivity index (χ4v) is 5.38. The number of rotatable bonds is 8. The molecule has 2 amide bonds. The molecule has 1 aliphatic heterocycles. The summed E-state index contributed by atoms with van der Waals surface area (Å²) >= 11 is 7.80. The highest BCUT2D eigenvalue weighted by Crippen LogP contribution is 2.38. The predicted octanol–water partition coefficient (Wildman–Crippen LogP) is 5.73. The van der Waals surface area contributed by atoms with Crippen LogP contribution in [0.5, 0.6) is 0 Å². The second-order valence-electron chi connectivity index (χ2n) is 8.47. The number of carbonyl (C=O) groups is 2. The van der Waals surface area contributed by atoms with Gasteiger partial charge >= 0.3 is 0 Å². The first-order valence-corrected chi connectivity index (χ1v) is 12.8. The number of fused-ring (bicyclic) bond motifs is 1. The molecule has 4 rings (SSSR count). The minimum Gasteiger partial charge on any atom is -0.330 e. The third kappa shape index (κ3) is 5.55. The van der Waals surface area contributed by atoms with Crippen molar-refractivity contribution in [3.63, 3.8) is 0 Å². The quantitative estimate of drug-likeness (QED) is 0.286.